The normalized spacial score (nSPS) is 26.2. The first-order chi connectivity index (χ1) is 8.78. The molecular weight excluding hydrogens is 226 g/mol. The van der Waals surface area contributed by atoms with Crippen LogP contribution in [0.25, 0.3) is 0 Å². The zero-order valence-electron chi connectivity index (χ0n) is 11.6. The average molecular weight is 253 g/mol. The minimum Gasteiger partial charge on any atom is -0.381 e. The van der Waals surface area contributed by atoms with E-state index in [1.807, 2.05) is 0 Å². The molecule has 2 N–H and O–H groups in total. The molecule has 1 saturated heterocycles. The van der Waals surface area contributed by atoms with Gasteiger partial charge in [-0.05, 0) is 32.6 Å². The number of hydrogen-bond donors (Lipinski definition) is 1. The molecule has 1 atom stereocenters. The minimum atomic E-state index is -0.177. The van der Waals surface area contributed by atoms with Crippen LogP contribution in [0.15, 0.2) is 11.6 Å². The van der Waals surface area contributed by atoms with Gasteiger partial charge in [0.25, 0.3) is 0 Å². The smallest absolute Gasteiger partial charge is 0.0914 e. The van der Waals surface area contributed by atoms with E-state index >= 15 is 0 Å². The van der Waals surface area contributed by atoms with Gasteiger partial charge in [-0.1, -0.05) is 18.1 Å². The molecule has 0 saturated carbocycles. The number of ether oxygens (including phenoxy) is 2. The first-order valence-electron chi connectivity index (χ1n) is 7.45. The maximum Gasteiger partial charge on any atom is 0.0914 e. The third kappa shape index (κ3) is 3.14. The molecule has 0 spiro atoms. The van der Waals surface area contributed by atoms with Crippen LogP contribution in [0.1, 0.15) is 51.9 Å². The summed E-state index contributed by atoms with van der Waals surface area (Å²) in [6.45, 7) is 4.36. The lowest BCUT2D eigenvalue weighted by Gasteiger charge is -2.42. The number of allylic oxidation sites excluding steroid dienone is 1. The number of rotatable bonds is 4. The van der Waals surface area contributed by atoms with E-state index in [-0.39, 0.29) is 11.6 Å². The van der Waals surface area contributed by atoms with Crippen molar-refractivity contribution in [2.24, 2.45) is 5.73 Å². The third-order valence-electron chi connectivity index (χ3n) is 4.31. The number of nitrogens with two attached hydrogens (primary N) is 1. The van der Waals surface area contributed by atoms with Crippen LogP contribution in [0.3, 0.4) is 0 Å². The maximum absolute atomic E-state index is 6.56. The van der Waals surface area contributed by atoms with E-state index in [1.54, 1.807) is 0 Å². The van der Waals surface area contributed by atoms with Gasteiger partial charge in [-0.3, -0.25) is 0 Å². The molecule has 0 aromatic heterocycles. The van der Waals surface area contributed by atoms with Crippen molar-refractivity contribution in [2.75, 3.05) is 19.8 Å². The molecular formula is C15H27NO2. The van der Waals surface area contributed by atoms with Crippen LogP contribution in [0, 0.1) is 0 Å². The van der Waals surface area contributed by atoms with Crippen molar-refractivity contribution in [3.8, 4) is 0 Å². The summed E-state index contributed by atoms with van der Waals surface area (Å²) >= 11 is 0. The first-order valence-corrected chi connectivity index (χ1v) is 7.45. The molecule has 1 heterocycles. The van der Waals surface area contributed by atoms with Gasteiger partial charge in [-0.2, -0.15) is 0 Å². The Hall–Kier alpha value is -0.380. The molecule has 1 fully saturated rings. The van der Waals surface area contributed by atoms with Gasteiger partial charge in [0, 0.05) is 32.7 Å². The molecule has 3 nitrogen and oxygen atoms in total. The predicted molar refractivity (Wildman–Crippen MR) is 73.6 cm³/mol. The quantitative estimate of drug-likeness (QED) is 0.784. The van der Waals surface area contributed by atoms with Crippen molar-refractivity contribution >= 4 is 0 Å². The molecule has 2 aliphatic rings. The fourth-order valence-electron chi connectivity index (χ4n) is 3.21. The summed E-state index contributed by atoms with van der Waals surface area (Å²) < 4.78 is 11.6. The highest BCUT2D eigenvalue weighted by molar-refractivity contribution is 5.18. The van der Waals surface area contributed by atoms with E-state index in [2.05, 4.69) is 13.0 Å². The molecule has 0 aromatic rings. The standard InChI is InChI=1S/C15H27NO2/c1-2-18-15(9-11-17-12-10-15)14(16)13-7-5-3-4-6-8-13/h7,14H,2-6,8-12,16H2,1H3. The second-order valence-electron chi connectivity index (χ2n) is 5.47. The molecule has 104 valence electrons. The van der Waals surface area contributed by atoms with Crippen molar-refractivity contribution < 1.29 is 9.47 Å². The van der Waals surface area contributed by atoms with Gasteiger partial charge in [0.05, 0.1) is 11.6 Å². The highest BCUT2D eigenvalue weighted by atomic mass is 16.5. The Bertz CT molecular complexity index is 277. The van der Waals surface area contributed by atoms with Gasteiger partial charge < -0.3 is 15.2 Å². The monoisotopic (exact) mass is 253 g/mol. The lowest BCUT2D eigenvalue weighted by Crippen LogP contribution is -2.54. The topological polar surface area (TPSA) is 44.5 Å². The molecule has 1 aliphatic carbocycles. The van der Waals surface area contributed by atoms with Crippen LogP contribution in [-0.2, 0) is 9.47 Å². The van der Waals surface area contributed by atoms with E-state index < -0.39 is 0 Å². The number of hydrogen-bond acceptors (Lipinski definition) is 3. The lowest BCUT2D eigenvalue weighted by atomic mass is 9.81. The van der Waals surface area contributed by atoms with Gasteiger partial charge in [0.1, 0.15) is 0 Å². The van der Waals surface area contributed by atoms with Crippen LogP contribution in [0.5, 0.6) is 0 Å². The Balaban J connectivity index is 2.10. The molecule has 18 heavy (non-hydrogen) atoms. The fourth-order valence-corrected chi connectivity index (χ4v) is 3.21. The van der Waals surface area contributed by atoms with E-state index in [9.17, 15) is 0 Å². The highest BCUT2D eigenvalue weighted by Crippen LogP contribution is 2.34. The first kappa shape index (κ1) is 14.0. The van der Waals surface area contributed by atoms with Crippen molar-refractivity contribution in [2.45, 2.75) is 63.5 Å². The largest absolute Gasteiger partial charge is 0.381 e. The van der Waals surface area contributed by atoms with Crippen molar-refractivity contribution in [3.05, 3.63) is 11.6 Å². The summed E-state index contributed by atoms with van der Waals surface area (Å²) in [6, 6.07) is 0.0550. The van der Waals surface area contributed by atoms with Crippen molar-refractivity contribution in [1.29, 1.82) is 0 Å². The Morgan fingerprint density at radius 2 is 2.11 bits per heavy atom. The Labute approximate surface area is 111 Å². The van der Waals surface area contributed by atoms with E-state index in [1.165, 1.54) is 31.3 Å². The van der Waals surface area contributed by atoms with Crippen molar-refractivity contribution in [1.82, 2.24) is 0 Å². The average Bonchev–Trinajstić information content (AvgIpc) is 2.68. The molecule has 0 radical (unpaired) electrons. The van der Waals surface area contributed by atoms with Crippen LogP contribution in [0.2, 0.25) is 0 Å². The van der Waals surface area contributed by atoms with Gasteiger partial charge in [0.15, 0.2) is 0 Å². The van der Waals surface area contributed by atoms with Gasteiger partial charge in [0.2, 0.25) is 0 Å². The van der Waals surface area contributed by atoms with Gasteiger partial charge in [-0.15, -0.1) is 0 Å². The molecule has 2 rings (SSSR count). The van der Waals surface area contributed by atoms with Crippen LogP contribution in [0.4, 0.5) is 0 Å². The van der Waals surface area contributed by atoms with Crippen LogP contribution in [-0.4, -0.2) is 31.5 Å². The third-order valence-corrected chi connectivity index (χ3v) is 4.31. The zero-order chi connectivity index (χ0) is 12.8. The molecule has 0 bridgehead atoms. The molecule has 3 heteroatoms. The second-order valence-corrected chi connectivity index (χ2v) is 5.47. The molecule has 1 unspecified atom stereocenters. The maximum atomic E-state index is 6.56. The van der Waals surface area contributed by atoms with Crippen molar-refractivity contribution in [3.63, 3.8) is 0 Å². The summed E-state index contributed by atoms with van der Waals surface area (Å²) in [5, 5.41) is 0. The van der Waals surface area contributed by atoms with E-state index in [0.29, 0.717) is 0 Å². The summed E-state index contributed by atoms with van der Waals surface area (Å²) in [5.41, 5.74) is 7.81. The summed E-state index contributed by atoms with van der Waals surface area (Å²) in [5.74, 6) is 0. The Morgan fingerprint density at radius 1 is 1.33 bits per heavy atom. The highest BCUT2D eigenvalue weighted by Gasteiger charge is 2.40. The van der Waals surface area contributed by atoms with E-state index in [0.717, 1.165) is 39.1 Å². The summed E-state index contributed by atoms with van der Waals surface area (Å²) in [6.07, 6.45) is 10.5. The van der Waals surface area contributed by atoms with Crippen LogP contribution < -0.4 is 5.73 Å². The summed E-state index contributed by atoms with van der Waals surface area (Å²) in [7, 11) is 0. The molecule has 0 amide bonds. The minimum absolute atomic E-state index is 0.0550. The zero-order valence-corrected chi connectivity index (χ0v) is 11.6. The molecule has 1 aliphatic heterocycles. The van der Waals surface area contributed by atoms with Gasteiger partial charge >= 0.3 is 0 Å². The SMILES string of the molecule is CCOC1(C(N)C2=CCCCCC2)CCOCC1. The predicted octanol–water partition coefficient (Wildman–Crippen LogP) is 2.79. The summed E-state index contributed by atoms with van der Waals surface area (Å²) in [4.78, 5) is 0. The van der Waals surface area contributed by atoms with Gasteiger partial charge in [-0.25, -0.2) is 0 Å². The second kappa shape index (κ2) is 6.69. The molecule has 0 aromatic carbocycles. The lowest BCUT2D eigenvalue weighted by molar-refractivity contribution is -0.115. The Kier molecular flexibility index (Phi) is 5.22. The van der Waals surface area contributed by atoms with Crippen LogP contribution >= 0.6 is 0 Å². The fraction of sp³-hybridized carbons (Fsp3) is 0.867. The van der Waals surface area contributed by atoms with E-state index in [4.69, 9.17) is 15.2 Å². The Morgan fingerprint density at radius 3 is 2.83 bits per heavy atom.